The van der Waals surface area contributed by atoms with E-state index in [1.54, 1.807) is 29.4 Å². The van der Waals surface area contributed by atoms with E-state index in [0.29, 0.717) is 42.2 Å². The van der Waals surface area contributed by atoms with Crippen LogP contribution in [0.15, 0.2) is 34.9 Å². The van der Waals surface area contributed by atoms with Crippen molar-refractivity contribution in [3.63, 3.8) is 0 Å². The number of β-amino-alcohol motifs (C(OH)–C–C–N with tert-alkyl or cyclic N) is 1. The zero-order valence-electron chi connectivity index (χ0n) is 11.2. The van der Waals surface area contributed by atoms with E-state index in [-0.39, 0.29) is 5.91 Å². The Bertz CT molecular complexity index is 622. The van der Waals surface area contributed by atoms with Gasteiger partial charge in [0.2, 0.25) is 0 Å². The Morgan fingerprint density at radius 2 is 2.30 bits per heavy atom. The molecule has 1 aliphatic rings. The summed E-state index contributed by atoms with van der Waals surface area (Å²) < 4.78 is 5.30. The summed E-state index contributed by atoms with van der Waals surface area (Å²) in [4.78, 5) is 18.5. The van der Waals surface area contributed by atoms with E-state index in [1.807, 2.05) is 13.0 Å². The van der Waals surface area contributed by atoms with Gasteiger partial charge >= 0.3 is 0 Å². The summed E-state index contributed by atoms with van der Waals surface area (Å²) in [5, 5.41) is 9.51. The topological polar surface area (TPSA) is 66.6 Å². The van der Waals surface area contributed by atoms with Gasteiger partial charge < -0.3 is 14.4 Å². The fourth-order valence-electron chi connectivity index (χ4n) is 2.45. The highest BCUT2D eigenvalue weighted by atomic mass is 16.3. The number of amides is 1. The van der Waals surface area contributed by atoms with E-state index >= 15 is 0 Å². The second-order valence-electron chi connectivity index (χ2n) is 5.00. The van der Waals surface area contributed by atoms with Crippen molar-refractivity contribution in [3.05, 3.63) is 41.8 Å². The summed E-state index contributed by atoms with van der Waals surface area (Å²) in [6, 6.07) is 7.19. The summed E-state index contributed by atoms with van der Waals surface area (Å²) in [6.07, 6.45) is 1.83. The maximum atomic E-state index is 12.4. The Kier molecular flexibility index (Phi) is 3.28. The first-order chi connectivity index (χ1) is 9.65. The van der Waals surface area contributed by atoms with Crippen LogP contribution in [0.3, 0.4) is 0 Å². The third-order valence-electron chi connectivity index (χ3n) is 3.54. The molecule has 0 aromatic carbocycles. The Labute approximate surface area is 116 Å². The summed E-state index contributed by atoms with van der Waals surface area (Å²) in [5.74, 6) is 0.612. The van der Waals surface area contributed by atoms with Gasteiger partial charge in [0.25, 0.3) is 5.91 Å². The normalized spacial score (nSPS) is 18.5. The van der Waals surface area contributed by atoms with Gasteiger partial charge in [-0.25, -0.2) is 4.98 Å². The van der Waals surface area contributed by atoms with E-state index in [0.717, 1.165) is 0 Å². The molecule has 1 amide bonds. The molecule has 104 valence electrons. The molecule has 0 aliphatic carbocycles. The zero-order chi connectivity index (χ0) is 14.1. The number of carbonyl (C=O) groups is 1. The van der Waals surface area contributed by atoms with Crippen molar-refractivity contribution < 1.29 is 14.3 Å². The van der Waals surface area contributed by atoms with Crippen LogP contribution in [0.25, 0.3) is 11.5 Å². The van der Waals surface area contributed by atoms with Crippen LogP contribution in [-0.4, -0.2) is 40.1 Å². The van der Waals surface area contributed by atoms with Crippen LogP contribution < -0.4 is 0 Å². The molecular weight excluding hydrogens is 256 g/mol. The molecular formula is C15H16N2O3. The Hall–Kier alpha value is -2.14. The standard InChI is InChI=1S/C15H16N2O3/c1-10-12(15(19)17-7-6-11(18)9-17)4-5-13(16-10)14-3-2-8-20-14/h2-5,8,11,18H,6-7,9H2,1H3/t11-/m1/s1. The van der Waals surface area contributed by atoms with Gasteiger partial charge in [-0.05, 0) is 37.6 Å². The molecule has 5 nitrogen and oxygen atoms in total. The number of furan rings is 1. The molecule has 2 aromatic rings. The smallest absolute Gasteiger partial charge is 0.255 e. The van der Waals surface area contributed by atoms with Crippen LogP contribution in [0.2, 0.25) is 0 Å². The van der Waals surface area contributed by atoms with E-state index in [9.17, 15) is 9.90 Å². The number of likely N-dealkylation sites (tertiary alicyclic amines) is 1. The van der Waals surface area contributed by atoms with Crippen LogP contribution in [0.1, 0.15) is 22.5 Å². The summed E-state index contributed by atoms with van der Waals surface area (Å²) in [5.41, 5.74) is 1.96. The minimum Gasteiger partial charge on any atom is -0.463 e. The Balaban J connectivity index is 1.86. The molecule has 0 spiro atoms. The van der Waals surface area contributed by atoms with Crippen molar-refractivity contribution in [2.24, 2.45) is 0 Å². The fourth-order valence-corrected chi connectivity index (χ4v) is 2.45. The summed E-state index contributed by atoms with van der Waals surface area (Å²) in [7, 11) is 0. The minimum atomic E-state index is -0.408. The van der Waals surface area contributed by atoms with Crippen molar-refractivity contribution in [3.8, 4) is 11.5 Å². The van der Waals surface area contributed by atoms with E-state index in [4.69, 9.17) is 4.42 Å². The van der Waals surface area contributed by atoms with Crippen LogP contribution in [0, 0.1) is 6.92 Å². The molecule has 20 heavy (non-hydrogen) atoms. The minimum absolute atomic E-state index is 0.0717. The molecule has 0 radical (unpaired) electrons. The van der Waals surface area contributed by atoms with Gasteiger partial charge in [-0.3, -0.25) is 4.79 Å². The first-order valence-corrected chi connectivity index (χ1v) is 6.64. The first-order valence-electron chi connectivity index (χ1n) is 6.64. The molecule has 1 saturated heterocycles. The molecule has 5 heteroatoms. The lowest BCUT2D eigenvalue weighted by Gasteiger charge is -2.16. The average molecular weight is 272 g/mol. The number of aromatic nitrogens is 1. The maximum Gasteiger partial charge on any atom is 0.255 e. The van der Waals surface area contributed by atoms with Gasteiger partial charge in [0.05, 0.1) is 23.6 Å². The van der Waals surface area contributed by atoms with Gasteiger partial charge in [0.15, 0.2) is 5.76 Å². The quantitative estimate of drug-likeness (QED) is 0.906. The maximum absolute atomic E-state index is 12.4. The van der Waals surface area contributed by atoms with Crippen molar-refractivity contribution in [2.45, 2.75) is 19.4 Å². The van der Waals surface area contributed by atoms with Gasteiger partial charge in [-0.15, -0.1) is 0 Å². The highest BCUT2D eigenvalue weighted by Crippen LogP contribution is 2.21. The lowest BCUT2D eigenvalue weighted by atomic mass is 10.1. The van der Waals surface area contributed by atoms with Gasteiger partial charge in [0.1, 0.15) is 5.69 Å². The monoisotopic (exact) mass is 272 g/mol. The van der Waals surface area contributed by atoms with Gasteiger partial charge in [0, 0.05) is 13.1 Å². The highest BCUT2D eigenvalue weighted by Gasteiger charge is 2.26. The lowest BCUT2D eigenvalue weighted by molar-refractivity contribution is 0.0764. The molecule has 1 aliphatic heterocycles. The third-order valence-corrected chi connectivity index (χ3v) is 3.54. The van der Waals surface area contributed by atoms with E-state index in [2.05, 4.69) is 4.98 Å². The van der Waals surface area contributed by atoms with Crippen molar-refractivity contribution in [2.75, 3.05) is 13.1 Å². The molecule has 1 fully saturated rings. The van der Waals surface area contributed by atoms with Crippen molar-refractivity contribution in [1.82, 2.24) is 9.88 Å². The molecule has 1 N–H and O–H groups in total. The molecule has 3 heterocycles. The molecule has 0 bridgehead atoms. The fraction of sp³-hybridized carbons (Fsp3) is 0.333. The molecule has 3 rings (SSSR count). The number of pyridine rings is 1. The zero-order valence-corrected chi connectivity index (χ0v) is 11.2. The second-order valence-corrected chi connectivity index (χ2v) is 5.00. The average Bonchev–Trinajstić information content (AvgIpc) is 3.09. The van der Waals surface area contributed by atoms with Gasteiger partial charge in [-0.2, -0.15) is 0 Å². The Morgan fingerprint density at radius 1 is 1.45 bits per heavy atom. The predicted octanol–water partition coefficient (Wildman–Crippen LogP) is 1.86. The number of aryl methyl sites for hydroxylation is 1. The number of carbonyl (C=O) groups excluding carboxylic acids is 1. The van der Waals surface area contributed by atoms with Crippen LogP contribution >= 0.6 is 0 Å². The largest absolute Gasteiger partial charge is 0.463 e. The molecule has 0 saturated carbocycles. The second kappa shape index (κ2) is 5.09. The first kappa shape index (κ1) is 12.9. The Morgan fingerprint density at radius 3 is 2.90 bits per heavy atom. The number of aliphatic hydroxyl groups excluding tert-OH is 1. The van der Waals surface area contributed by atoms with Crippen LogP contribution in [0.4, 0.5) is 0 Å². The number of nitrogens with zero attached hydrogens (tertiary/aromatic N) is 2. The van der Waals surface area contributed by atoms with Crippen molar-refractivity contribution in [1.29, 1.82) is 0 Å². The number of hydrogen-bond acceptors (Lipinski definition) is 4. The number of rotatable bonds is 2. The molecule has 0 unspecified atom stereocenters. The van der Waals surface area contributed by atoms with E-state index in [1.165, 1.54) is 0 Å². The van der Waals surface area contributed by atoms with Crippen molar-refractivity contribution >= 4 is 5.91 Å². The van der Waals surface area contributed by atoms with Crippen LogP contribution in [-0.2, 0) is 0 Å². The molecule has 1 atom stereocenters. The molecule has 2 aromatic heterocycles. The highest BCUT2D eigenvalue weighted by molar-refractivity contribution is 5.95. The number of aliphatic hydroxyl groups is 1. The van der Waals surface area contributed by atoms with Gasteiger partial charge in [-0.1, -0.05) is 0 Å². The SMILES string of the molecule is Cc1nc(-c2ccco2)ccc1C(=O)N1CC[C@@H](O)C1. The summed E-state index contributed by atoms with van der Waals surface area (Å²) in [6.45, 7) is 2.81. The predicted molar refractivity (Wildman–Crippen MR) is 73.2 cm³/mol. The third kappa shape index (κ3) is 2.32. The summed E-state index contributed by atoms with van der Waals surface area (Å²) >= 11 is 0. The van der Waals surface area contributed by atoms with Crippen LogP contribution in [0.5, 0.6) is 0 Å². The van der Waals surface area contributed by atoms with E-state index < -0.39 is 6.10 Å². The lowest BCUT2D eigenvalue weighted by Crippen LogP contribution is -2.30. The number of hydrogen-bond donors (Lipinski definition) is 1.